The van der Waals surface area contributed by atoms with Crippen LogP contribution in [0.1, 0.15) is 0 Å². The summed E-state index contributed by atoms with van der Waals surface area (Å²) in [6.07, 6.45) is 0. The first kappa shape index (κ1) is 10.1. The summed E-state index contributed by atoms with van der Waals surface area (Å²) in [6, 6.07) is 0. The Bertz CT molecular complexity index is 121. The van der Waals surface area contributed by atoms with Gasteiger partial charge in [-0.3, -0.25) is 0 Å². The van der Waals surface area contributed by atoms with Crippen LogP contribution in [0.5, 0.6) is 0 Å². The van der Waals surface area contributed by atoms with E-state index in [1.54, 1.807) is 0 Å². The molecule has 0 rings (SSSR count). The van der Waals surface area contributed by atoms with Crippen LogP contribution in [-0.2, 0) is 0 Å². The Labute approximate surface area is 70.3 Å². The van der Waals surface area contributed by atoms with E-state index in [-0.39, 0.29) is 0 Å². The molecule has 0 aliphatic carbocycles. The van der Waals surface area contributed by atoms with E-state index in [2.05, 4.69) is 65.4 Å². The van der Waals surface area contributed by atoms with Gasteiger partial charge >= 0.3 is 70.2 Å². The van der Waals surface area contributed by atoms with Gasteiger partial charge in [0, 0.05) is 0 Å². The zero-order chi connectivity index (χ0) is 7.65. The number of hydrogen-bond donors (Lipinski definition) is 0. The quantitative estimate of drug-likeness (QED) is 0.533. The molecule has 2 nitrogen and oxygen atoms in total. The van der Waals surface area contributed by atoms with E-state index in [0.717, 1.165) is 0 Å². The Hall–Kier alpha value is 1.14. The summed E-state index contributed by atoms with van der Waals surface area (Å²) in [5.41, 5.74) is 0. The molecule has 0 amide bonds. The summed E-state index contributed by atoms with van der Waals surface area (Å²) >= 11 is 2.23. The molecule has 0 aromatic heterocycles. The molecule has 0 atom stereocenters. The van der Waals surface area contributed by atoms with Crippen molar-refractivity contribution in [2.75, 3.05) is 34.9 Å². The molecule has 0 aromatic carbocycles. The van der Waals surface area contributed by atoms with E-state index >= 15 is 0 Å². The van der Waals surface area contributed by atoms with Crippen molar-refractivity contribution in [3.05, 3.63) is 0 Å². The molecule has 0 heterocycles. The molecule has 0 unspecified atom stereocenters. The molecular weight excluding hydrogens is 247 g/mol. The SMILES string of the molecule is CN(C)P(C)(=[Te])N(C)C. The zero-order valence-corrected chi connectivity index (χ0v) is 9.97. The van der Waals surface area contributed by atoms with E-state index in [1.807, 2.05) is 0 Å². The molecule has 0 aromatic rings. The molecule has 0 saturated heterocycles. The van der Waals surface area contributed by atoms with Gasteiger partial charge in [0.05, 0.1) is 0 Å². The van der Waals surface area contributed by atoms with Crippen LogP contribution in [0.15, 0.2) is 0 Å². The van der Waals surface area contributed by atoms with Crippen molar-refractivity contribution >= 4 is 26.0 Å². The Morgan fingerprint density at radius 3 is 1.22 bits per heavy atom. The van der Waals surface area contributed by atoms with Crippen LogP contribution in [0.2, 0.25) is 0 Å². The van der Waals surface area contributed by atoms with Crippen molar-refractivity contribution in [1.29, 1.82) is 0 Å². The van der Waals surface area contributed by atoms with E-state index in [1.165, 1.54) is 0 Å². The maximum atomic E-state index is 2.30. The van der Waals surface area contributed by atoms with Crippen molar-refractivity contribution in [2.24, 2.45) is 0 Å². The number of hydrogen-bond acceptors (Lipinski definition) is 2. The van der Waals surface area contributed by atoms with Gasteiger partial charge < -0.3 is 0 Å². The first-order valence-electron chi connectivity index (χ1n) is 2.82. The third-order valence-corrected chi connectivity index (χ3v) is 10.0. The fourth-order valence-electron chi connectivity index (χ4n) is 0.358. The molecule has 0 aliphatic heterocycles. The topological polar surface area (TPSA) is 6.48 Å². The minimum absolute atomic E-state index is 0.910. The average Bonchev–Trinajstić information content (AvgIpc) is 1.65. The van der Waals surface area contributed by atoms with Gasteiger partial charge in [0.25, 0.3) is 0 Å². The normalized spacial score (nSPS) is 13.2. The predicted molar refractivity (Wildman–Crippen MR) is 46.0 cm³/mol. The third-order valence-electron chi connectivity index (χ3n) is 1.48. The summed E-state index contributed by atoms with van der Waals surface area (Å²) < 4.78 is 4.61. The summed E-state index contributed by atoms with van der Waals surface area (Å²) in [7, 11) is 8.54. The van der Waals surface area contributed by atoms with Crippen molar-refractivity contribution in [2.45, 2.75) is 0 Å². The van der Waals surface area contributed by atoms with Gasteiger partial charge in [-0.1, -0.05) is 0 Å². The standard InChI is InChI=1S/C5H15N2PTe/c1-6(2)8(5,9)7(3)4/h1-5H3. The Balaban J connectivity index is 4.21. The second kappa shape index (κ2) is 3.51. The number of nitrogens with zero attached hydrogens (tertiary/aromatic N) is 2. The molecule has 0 N–H and O–H groups in total. The molecule has 0 radical (unpaired) electrons. The number of rotatable bonds is 2. The Morgan fingerprint density at radius 2 is 1.22 bits per heavy atom. The molecule has 0 bridgehead atoms. The van der Waals surface area contributed by atoms with E-state index in [9.17, 15) is 0 Å². The van der Waals surface area contributed by atoms with Crippen LogP contribution in [0.4, 0.5) is 0 Å². The molecule has 0 spiro atoms. The molecule has 9 heavy (non-hydrogen) atoms. The Kier molecular flexibility index (Phi) is 3.95. The fourth-order valence-corrected chi connectivity index (χ4v) is 1.07. The van der Waals surface area contributed by atoms with Crippen molar-refractivity contribution in [1.82, 2.24) is 9.34 Å². The molecule has 56 valence electrons. The molecular formula is C5H15N2PTe. The molecule has 0 aliphatic rings. The van der Waals surface area contributed by atoms with Crippen LogP contribution in [0, 0.1) is 0 Å². The minimum atomic E-state index is -0.910. The second-order valence-electron chi connectivity index (χ2n) is 2.53. The summed E-state index contributed by atoms with van der Waals surface area (Å²) in [6.45, 7) is 2.30. The summed E-state index contributed by atoms with van der Waals surface area (Å²) in [4.78, 5) is -0.910. The van der Waals surface area contributed by atoms with Crippen LogP contribution in [-0.4, -0.2) is 65.4 Å². The second-order valence-corrected chi connectivity index (χ2v) is 11.7. The van der Waals surface area contributed by atoms with Gasteiger partial charge in [-0.15, -0.1) is 0 Å². The fraction of sp³-hybridized carbons (Fsp3) is 1.00. The molecule has 0 fully saturated rings. The Morgan fingerprint density at radius 1 is 1.00 bits per heavy atom. The van der Waals surface area contributed by atoms with Crippen molar-refractivity contribution in [3.63, 3.8) is 0 Å². The van der Waals surface area contributed by atoms with Crippen LogP contribution < -0.4 is 0 Å². The first-order valence-corrected chi connectivity index (χ1v) is 8.00. The van der Waals surface area contributed by atoms with Gasteiger partial charge in [-0.25, -0.2) is 0 Å². The maximum absolute atomic E-state index is 2.30. The van der Waals surface area contributed by atoms with Gasteiger partial charge in [0.1, 0.15) is 0 Å². The van der Waals surface area contributed by atoms with Gasteiger partial charge in [0.2, 0.25) is 0 Å². The van der Waals surface area contributed by atoms with Crippen LogP contribution >= 0.6 is 4.79 Å². The third kappa shape index (κ3) is 2.70. The first-order chi connectivity index (χ1) is 3.89. The van der Waals surface area contributed by atoms with Gasteiger partial charge in [-0.2, -0.15) is 0 Å². The van der Waals surface area contributed by atoms with Crippen LogP contribution in [0.25, 0.3) is 0 Å². The van der Waals surface area contributed by atoms with Crippen LogP contribution in [0.3, 0.4) is 0 Å². The monoisotopic (exact) mass is 264 g/mol. The van der Waals surface area contributed by atoms with Crippen molar-refractivity contribution < 1.29 is 0 Å². The van der Waals surface area contributed by atoms with Gasteiger partial charge in [-0.05, 0) is 0 Å². The van der Waals surface area contributed by atoms with E-state index < -0.39 is 4.79 Å². The predicted octanol–water partition coefficient (Wildman–Crippen LogP) is 0.670. The molecule has 4 heteroatoms. The summed E-state index contributed by atoms with van der Waals surface area (Å²) in [5, 5.41) is 0. The summed E-state index contributed by atoms with van der Waals surface area (Å²) in [5.74, 6) is 0. The van der Waals surface area contributed by atoms with E-state index in [4.69, 9.17) is 0 Å². The van der Waals surface area contributed by atoms with Gasteiger partial charge in [0.15, 0.2) is 0 Å². The zero-order valence-electron chi connectivity index (χ0n) is 6.75. The average molecular weight is 262 g/mol. The van der Waals surface area contributed by atoms with E-state index in [0.29, 0.717) is 0 Å². The molecule has 0 saturated carbocycles. The van der Waals surface area contributed by atoms with Crippen molar-refractivity contribution in [3.8, 4) is 0 Å².